The van der Waals surface area contributed by atoms with Crippen LogP contribution in [0.1, 0.15) is 26.3 Å². The Morgan fingerprint density at radius 1 is 1.11 bits per heavy atom. The van der Waals surface area contributed by atoms with Crippen LogP contribution >= 0.6 is 0 Å². The molecule has 5 nitrogen and oxygen atoms in total. The third kappa shape index (κ3) is 2.12. The van der Waals surface area contributed by atoms with E-state index in [1.165, 1.54) is 11.6 Å². The van der Waals surface area contributed by atoms with Gasteiger partial charge in [-0.2, -0.15) is 4.57 Å². The first-order chi connectivity index (χ1) is 8.73. The van der Waals surface area contributed by atoms with Gasteiger partial charge in [0.25, 0.3) is 5.76 Å². The smallest absolute Gasteiger partial charge is 0.330 e. The van der Waals surface area contributed by atoms with E-state index in [0.29, 0.717) is 0 Å². The zero-order valence-corrected chi connectivity index (χ0v) is 11.5. The highest BCUT2D eigenvalue weighted by Gasteiger charge is 2.43. The van der Waals surface area contributed by atoms with E-state index in [1.54, 1.807) is 12.4 Å². The van der Waals surface area contributed by atoms with Gasteiger partial charge in [0.05, 0.1) is 0 Å². The number of hydrogen-bond acceptors (Lipinski definition) is 3. The minimum absolute atomic E-state index is 0.00180. The summed E-state index contributed by atoms with van der Waals surface area (Å²) >= 11 is 0. The monoisotopic (exact) mass is 261 g/mol. The van der Waals surface area contributed by atoms with Crippen LogP contribution in [0.3, 0.4) is 0 Å². The lowest BCUT2D eigenvalue weighted by atomic mass is 9.88. The number of aromatic nitrogens is 1. The van der Waals surface area contributed by atoms with E-state index in [1.807, 2.05) is 12.1 Å². The van der Waals surface area contributed by atoms with Crippen LogP contribution in [-0.4, -0.2) is 28.9 Å². The van der Waals surface area contributed by atoms with E-state index in [4.69, 9.17) is 0 Å². The van der Waals surface area contributed by atoms with E-state index < -0.39 is 17.6 Å². The first kappa shape index (κ1) is 13.3. The zero-order chi connectivity index (χ0) is 14.4. The summed E-state index contributed by atoms with van der Waals surface area (Å²) in [7, 11) is 1.35. The van der Waals surface area contributed by atoms with Crippen LogP contribution in [0, 0.1) is 0 Å². The molecule has 0 fully saturated rings. The summed E-state index contributed by atoms with van der Waals surface area (Å²) in [4.78, 5) is 24.3. The van der Waals surface area contributed by atoms with Crippen LogP contribution < -0.4 is 4.57 Å². The Morgan fingerprint density at radius 2 is 1.63 bits per heavy atom. The summed E-state index contributed by atoms with van der Waals surface area (Å²) in [6, 6.07) is 3.74. The molecule has 0 bridgehead atoms. The van der Waals surface area contributed by atoms with Crippen molar-refractivity contribution in [3.05, 3.63) is 35.8 Å². The first-order valence-electron chi connectivity index (χ1n) is 6.01. The molecule has 2 amide bonds. The van der Waals surface area contributed by atoms with Gasteiger partial charge in [0.15, 0.2) is 12.4 Å². The summed E-state index contributed by atoms with van der Waals surface area (Å²) < 4.78 is 1.47. The van der Waals surface area contributed by atoms with Gasteiger partial charge in [0.1, 0.15) is 0 Å². The average Bonchev–Trinajstić information content (AvgIpc) is 2.53. The van der Waals surface area contributed by atoms with Crippen molar-refractivity contribution in [3.8, 4) is 0 Å². The fourth-order valence-corrected chi connectivity index (χ4v) is 1.92. The molecule has 2 rings (SSSR count). The minimum atomic E-state index is -0.674. The van der Waals surface area contributed by atoms with Crippen molar-refractivity contribution in [1.29, 1.82) is 0 Å². The number of nitrogens with zero attached hydrogens (tertiary/aromatic N) is 2. The molecule has 1 aliphatic heterocycles. The van der Waals surface area contributed by atoms with Gasteiger partial charge >= 0.3 is 17.5 Å². The molecule has 0 spiro atoms. The fourth-order valence-electron chi connectivity index (χ4n) is 1.92. The average molecular weight is 261 g/mol. The second-order valence-corrected chi connectivity index (χ2v) is 5.61. The lowest BCUT2D eigenvalue weighted by Gasteiger charge is -2.17. The van der Waals surface area contributed by atoms with Crippen LogP contribution in [-0.2, 0) is 15.0 Å². The largest absolute Gasteiger partial charge is 0.498 e. The molecule has 5 heteroatoms. The molecule has 0 aromatic carbocycles. The van der Waals surface area contributed by atoms with Crippen molar-refractivity contribution in [1.82, 2.24) is 4.90 Å². The van der Waals surface area contributed by atoms with E-state index in [-0.39, 0.29) is 11.1 Å². The molecule has 2 heterocycles. The molecular formula is C14H17N2O3+. The first-order valence-corrected chi connectivity index (χ1v) is 6.01. The lowest BCUT2D eigenvalue weighted by molar-refractivity contribution is -0.578. The number of carbonyl (C=O) groups is 2. The second-order valence-electron chi connectivity index (χ2n) is 5.61. The molecule has 0 saturated carbocycles. The van der Waals surface area contributed by atoms with Crippen molar-refractivity contribution in [3.63, 3.8) is 0 Å². The standard InChI is InChI=1S/C14H16N2O3/c1-14(2,3)9-5-7-16(8-6-9)10-11(17)13(19)15(4)12(10)18/h5-8H,1-4H3/p+1. The molecule has 100 valence electrons. The quantitative estimate of drug-likeness (QED) is 0.606. The number of imide groups is 1. The molecule has 0 aliphatic carbocycles. The number of aliphatic hydroxyl groups is 1. The van der Waals surface area contributed by atoms with E-state index >= 15 is 0 Å². The molecule has 0 saturated heterocycles. The van der Waals surface area contributed by atoms with Gasteiger partial charge in [0.2, 0.25) is 0 Å². The van der Waals surface area contributed by atoms with Crippen LogP contribution in [0.2, 0.25) is 0 Å². The molecule has 1 N–H and O–H groups in total. The summed E-state index contributed by atoms with van der Waals surface area (Å²) in [5, 5.41) is 9.73. The van der Waals surface area contributed by atoms with Crippen molar-refractivity contribution in [2.75, 3.05) is 7.05 Å². The molecule has 1 aromatic rings. The summed E-state index contributed by atoms with van der Waals surface area (Å²) in [6.07, 6.45) is 3.35. The van der Waals surface area contributed by atoms with Gasteiger partial charge in [-0.05, 0) is 11.0 Å². The number of rotatable bonds is 1. The highest BCUT2D eigenvalue weighted by molar-refractivity contribution is 6.28. The van der Waals surface area contributed by atoms with Gasteiger partial charge in [0, 0.05) is 19.2 Å². The minimum Gasteiger partial charge on any atom is -0.498 e. The summed E-state index contributed by atoms with van der Waals surface area (Å²) in [5.41, 5.74) is 1.10. The van der Waals surface area contributed by atoms with Gasteiger partial charge in [-0.1, -0.05) is 20.8 Å². The molecule has 1 aliphatic rings. The van der Waals surface area contributed by atoms with Crippen LogP contribution in [0.4, 0.5) is 0 Å². The van der Waals surface area contributed by atoms with Gasteiger partial charge in [-0.15, -0.1) is 0 Å². The summed E-state index contributed by atoms with van der Waals surface area (Å²) in [6.45, 7) is 6.25. The SMILES string of the molecule is CN1C(=O)C(O)=C([n+]2ccc(C(C)(C)C)cc2)C1=O. The Balaban J connectivity index is 2.44. The Labute approximate surface area is 111 Å². The zero-order valence-electron chi connectivity index (χ0n) is 11.5. The Kier molecular flexibility index (Phi) is 2.92. The highest BCUT2D eigenvalue weighted by Crippen LogP contribution is 2.21. The second kappa shape index (κ2) is 4.19. The number of pyridine rings is 1. The molecule has 0 unspecified atom stereocenters. The predicted octanol–water partition coefficient (Wildman–Crippen LogP) is 0.997. The van der Waals surface area contributed by atoms with Crippen molar-refractivity contribution >= 4 is 17.5 Å². The topological polar surface area (TPSA) is 61.5 Å². The maximum atomic E-state index is 11.9. The van der Waals surface area contributed by atoms with Crippen LogP contribution in [0.25, 0.3) is 5.70 Å². The molecule has 19 heavy (non-hydrogen) atoms. The third-order valence-corrected chi connectivity index (χ3v) is 3.19. The number of amides is 2. The maximum Gasteiger partial charge on any atom is 0.330 e. The Bertz CT molecular complexity index is 580. The molecular weight excluding hydrogens is 244 g/mol. The van der Waals surface area contributed by atoms with Crippen molar-refractivity contribution < 1.29 is 19.3 Å². The van der Waals surface area contributed by atoms with E-state index in [0.717, 1.165) is 10.5 Å². The number of carbonyl (C=O) groups excluding carboxylic acids is 2. The number of hydrogen-bond donors (Lipinski definition) is 1. The van der Waals surface area contributed by atoms with Gasteiger partial charge < -0.3 is 5.11 Å². The van der Waals surface area contributed by atoms with Crippen molar-refractivity contribution in [2.24, 2.45) is 0 Å². The Hall–Kier alpha value is -2.17. The third-order valence-electron chi connectivity index (χ3n) is 3.19. The number of aliphatic hydroxyl groups excluding tert-OH is 1. The Morgan fingerprint density at radius 3 is 2.00 bits per heavy atom. The maximum absolute atomic E-state index is 11.9. The lowest BCUT2D eigenvalue weighted by Crippen LogP contribution is -2.38. The molecule has 0 atom stereocenters. The van der Waals surface area contributed by atoms with E-state index in [9.17, 15) is 14.7 Å². The predicted molar refractivity (Wildman–Crippen MR) is 69.0 cm³/mol. The normalized spacial score (nSPS) is 16.5. The fraction of sp³-hybridized carbons (Fsp3) is 0.357. The van der Waals surface area contributed by atoms with E-state index in [2.05, 4.69) is 20.8 Å². The van der Waals surface area contributed by atoms with Crippen LogP contribution in [0.5, 0.6) is 0 Å². The van der Waals surface area contributed by atoms with Gasteiger partial charge in [-0.3, -0.25) is 14.5 Å². The molecule has 1 aromatic heterocycles. The van der Waals surface area contributed by atoms with Crippen LogP contribution in [0.15, 0.2) is 30.3 Å². The summed E-state index contributed by atoms with van der Waals surface area (Å²) in [5.74, 6) is -1.69. The number of likely N-dealkylation sites (N-methyl/N-ethyl adjacent to an activating group) is 1. The molecule has 0 radical (unpaired) electrons. The van der Waals surface area contributed by atoms with Gasteiger partial charge in [-0.25, -0.2) is 0 Å². The highest BCUT2D eigenvalue weighted by atomic mass is 16.3. The van der Waals surface area contributed by atoms with Crippen molar-refractivity contribution in [2.45, 2.75) is 26.2 Å².